The first-order valence-electron chi connectivity index (χ1n) is 12.3. The third-order valence-corrected chi connectivity index (χ3v) is 6.05. The van der Waals surface area contributed by atoms with Crippen molar-refractivity contribution in [1.82, 2.24) is 29.6 Å². The summed E-state index contributed by atoms with van der Waals surface area (Å²) in [6, 6.07) is 4.74. The number of alkyl halides is 3. The van der Waals surface area contributed by atoms with E-state index in [1.807, 2.05) is 13.8 Å². The Morgan fingerprint density at radius 1 is 1.08 bits per heavy atom. The number of aromatic nitrogens is 4. The van der Waals surface area contributed by atoms with Gasteiger partial charge in [0.25, 0.3) is 0 Å². The van der Waals surface area contributed by atoms with E-state index >= 15 is 0 Å². The lowest BCUT2D eigenvalue weighted by Crippen LogP contribution is -2.24. The molecular formula is C25H33F4N7S. The molecule has 1 unspecified atom stereocenters. The van der Waals surface area contributed by atoms with Crippen LogP contribution in [-0.4, -0.2) is 38.7 Å². The molecule has 0 saturated heterocycles. The van der Waals surface area contributed by atoms with E-state index in [2.05, 4.69) is 43.1 Å². The molecule has 0 spiro atoms. The minimum absolute atomic E-state index is 0.0209. The van der Waals surface area contributed by atoms with Gasteiger partial charge in [0.2, 0.25) is 5.95 Å². The smallest absolute Gasteiger partial charge is 0.351 e. The maximum atomic E-state index is 15.0. The second-order valence-corrected chi connectivity index (χ2v) is 9.10. The highest BCUT2D eigenvalue weighted by atomic mass is 32.1. The van der Waals surface area contributed by atoms with Crippen molar-refractivity contribution in [1.29, 1.82) is 0 Å². The highest BCUT2D eigenvalue weighted by Crippen LogP contribution is 2.36. The van der Waals surface area contributed by atoms with E-state index in [0.717, 1.165) is 37.6 Å². The van der Waals surface area contributed by atoms with Gasteiger partial charge in [-0.05, 0) is 50.4 Å². The highest BCUT2D eigenvalue weighted by Gasteiger charge is 2.36. The second kappa shape index (κ2) is 13.2. The number of hydrogen-bond acceptors (Lipinski definition) is 7. The van der Waals surface area contributed by atoms with Crippen LogP contribution < -0.4 is 15.4 Å². The number of imidazole rings is 1. The fourth-order valence-electron chi connectivity index (χ4n) is 4.01. The first-order valence-corrected chi connectivity index (χ1v) is 12.8. The van der Waals surface area contributed by atoms with Crippen LogP contribution in [0, 0.1) is 12.7 Å². The summed E-state index contributed by atoms with van der Waals surface area (Å²) in [5, 5.41) is 6.34. The predicted octanol–water partition coefficient (Wildman–Crippen LogP) is 5.70. The van der Waals surface area contributed by atoms with Crippen LogP contribution in [0.3, 0.4) is 0 Å². The van der Waals surface area contributed by atoms with Gasteiger partial charge in [0.05, 0.1) is 5.69 Å². The first-order chi connectivity index (χ1) is 17.7. The Labute approximate surface area is 220 Å². The molecule has 0 radical (unpaired) electrons. The Morgan fingerprint density at radius 3 is 2.51 bits per heavy atom. The molecule has 202 valence electrons. The van der Waals surface area contributed by atoms with Crippen molar-refractivity contribution < 1.29 is 17.6 Å². The zero-order chi connectivity index (χ0) is 27.0. The van der Waals surface area contributed by atoms with E-state index in [-0.39, 0.29) is 29.1 Å². The number of thiol groups is 1. The van der Waals surface area contributed by atoms with Gasteiger partial charge >= 0.3 is 6.18 Å². The van der Waals surface area contributed by atoms with E-state index in [1.165, 1.54) is 16.8 Å². The molecule has 1 atom stereocenters. The number of benzene rings is 1. The predicted molar refractivity (Wildman–Crippen MR) is 140 cm³/mol. The maximum Gasteiger partial charge on any atom is 0.420 e. The summed E-state index contributed by atoms with van der Waals surface area (Å²) < 4.78 is 60.8. The number of nitrogens with zero attached hydrogens (tertiary/aromatic N) is 4. The highest BCUT2D eigenvalue weighted by molar-refractivity contribution is 7.78. The van der Waals surface area contributed by atoms with Gasteiger partial charge in [0, 0.05) is 31.5 Å². The second-order valence-electron chi connectivity index (χ2n) is 8.79. The molecule has 0 amide bonds. The molecule has 3 rings (SSSR count). The molecule has 3 N–H and O–H groups in total. The van der Waals surface area contributed by atoms with Gasteiger partial charge in [0.15, 0.2) is 0 Å². The molecule has 0 aliphatic heterocycles. The summed E-state index contributed by atoms with van der Waals surface area (Å²) in [6.45, 7) is 7.61. The van der Waals surface area contributed by atoms with Crippen molar-refractivity contribution in [3.63, 3.8) is 0 Å². The minimum atomic E-state index is -4.69. The van der Waals surface area contributed by atoms with Gasteiger partial charge in [-0.25, -0.2) is 19.3 Å². The summed E-state index contributed by atoms with van der Waals surface area (Å²) >= 11 is 4.00. The topological polar surface area (TPSA) is 79.7 Å². The molecule has 0 aliphatic rings. The molecular weight excluding hydrogens is 506 g/mol. The number of halogens is 4. The molecule has 2 heterocycles. The van der Waals surface area contributed by atoms with E-state index in [9.17, 15) is 17.6 Å². The van der Waals surface area contributed by atoms with Crippen molar-refractivity contribution in [2.75, 3.05) is 18.4 Å². The molecule has 7 nitrogen and oxygen atoms in total. The first kappa shape index (κ1) is 28.9. The van der Waals surface area contributed by atoms with E-state index in [0.29, 0.717) is 25.3 Å². The Hall–Kier alpha value is -2.70. The van der Waals surface area contributed by atoms with Gasteiger partial charge in [-0.2, -0.15) is 13.2 Å². The summed E-state index contributed by atoms with van der Waals surface area (Å²) in [4.78, 5) is 12.4. The standard InChI is InChI=1S/C25H33F4N7S/c1-4-6-18(9-11-32-37)34-24-31-14-19(25(27,28)29)23(35-24)21-15-36(16(3)33-21)22-8-7-17(12-20(22)26)13-30-10-5-2/h7-8,12,14-15,18,30,32,37H,4-6,9-11,13H2,1-3H3,(H,31,34,35). The number of rotatable bonds is 13. The summed E-state index contributed by atoms with van der Waals surface area (Å²) in [7, 11) is 0. The molecule has 3 aromatic rings. The zero-order valence-electron chi connectivity index (χ0n) is 21.2. The lowest BCUT2D eigenvalue weighted by Gasteiger charge is -2.19. The molecule has 0 bridgehead atoms. The van der Waals surface area contributed by atoms with Crippen molar-refractivity contribution >= 4 is 18.8 Å². The van der Waals surface area contributed by atoms with Crippen LogP contribution in [0.25, 0.3) is 17.1 Å². The number of nitrogens with one attached hydrogen (secondary N) is 3. The summed E-state index contributed by atoms with van der Waals surface area (Å²) in [6.07, 6.45) is 0.753. The molecule has 37 heavy (non-hydrogen) atoms. The van der Waals surface area contributed by atoms with Crippen molar-refractivity contribution in [2.45, 2.75) is 65.2 Å². The maximum absolute atomic E-state index is 15.0. The Bertz CT molecular complexity index is 1170. The largest absolute Gasteiger partial charge is 0.420 e. The molecule has 1 aromatic carbocycles. The van der Waals surface area contributed by atoms with E-state index < -0.39 is 17.6 Å². The molecule has 0 saturated carbocycles. The van der Waals surface area contributed by atoms with Crippen LogP contribution in [0.4, 0.5) is 23.5 Å². The van der Waals surface area contributed by atoms with E-state index in [4.69, 9.17) is 0 Å². The normalized spacial score (nSPS) is 12.6. The lowest BCUT2D eigenvalue weighted by atomic mass is 10.1. The third-order valence-electron chi connectivity index (χ3n) is 5.82. The van der Waals surface area contributed by atoms with Gasteiger partial charge in [0.1, 0.15) is 28.6 Å². The van der Waals surface area contributed by atoms with Crippen molar-refractivity contribution in [2.24, 2.45) is 0 Å². The van der Waals surface area contributed by atoms with E-state index in [1.54, 1.807) is 19.1 Å². The van der Waals surface area contributed by atoms with Crippen LogP contribution in [0.5, 0.6) is 0 Å². The SMILES string of the molecule is CCCNCc1ccc(-n2cc(-c3nc(NC(CCC)CCNS)ncc3C(F)(F)F)nc2C)c(F)c1. The van der Waals surface area contributed by atoms with Gasteiger partial charge in [-0.15, -0.1) is 0 Å². The molecule has 2 aromatic heterocycles. The fourth-order valence-corrected chi connectivity index (χ4v) is 4.14. The average molecular weight is 540 g/mol. The molecule has 12 heteroatoms. The zero-order valence-corrected chi connectivity index (χ0v) is 22.1. The number of hydrogen-bond donors (Lipinski definition) is 4. The van der Waals surface area contributed by atoms with Gasteiger partial charge in [-0.1, -0.05) is 39.1 Å². The van der Waals surface area contributed by atoms with Gasteiger partial charge < -0.3 is 15.2 Å². The Kier molecular flexibility index (Phi) is 10.3. The van der Waals surface area contributed by atoms with Crippen LogP contribution in [0.1, 0.15) is 56.5 Å². The number of aryl methyl sites for hydroxylation is 1. The Morgan fingerprint density at radius 2 is 1.86 bits per heavy atom. The quantitative estimate of drug-likeness (QED) is 0.127. The Balaban J connectivity index is 1.97. The lowest BCUT2D eigenvalue weighted by molar-refractivity contribution is -0.137. The monoisotopic (exact) mass is 539 g/mol. The van der Waals surface area contributed by atoms with Crippen LogP contribution in [-0.2, 0) is 12.7 Å². The average Bonchev–Trinajstić information content (AvgIpc) is 3.23. The summed E-state index contributed by atoms with van der Waals surface area (Å²) in [5.74, 6) is -0.0946. The summed E-state index contributed by atoms with van der Waals surface area (Å²) in [5.41, 5.74) is -0.431. The van der Waals surface area contributed by atoms with Crippen molar-refractivity contribution in [3.05, 3.63) is 53.4 Å². The third kappa shape index (κ3) is 7.65. The van der Waals surface area contributed by atoms with Crippen LogP contribution in [0.2, 0.25) is 0 Å². The minimum Gasteiger partial charge on any atom is -0.351 e. The van der Waals surface area contributed by atoms with Crippen molar-refractivity contribution in [3.8, 4) is 17.1 Å². The molecule has 0 aliphatic carbocycles. The van der Waals surface area contributed by atoms with Gasteiger partial charge in [-0.3, -0.25) is 4.72 Å². The van der Waals surface area contributed by atoms with Crippen LogP contribution >= 0.6 is 12.8 Å². The fraction of sp³-hybridized carbons (Fsp3) is 0.480. The van der Waals surface area contributed by atoms with Crippen LogP contribution in [0.15, 0.2) is 30.6 Å². The molecule has 0 fully saturated rings. The number of anilines is 1.